The van der Waals surface area contributed by atoms with E-state index in [2.05, 4.69) is 10.6 Å². The molecule has 0 saturated carbocycles. The van der Waals surface area contributed by atoms with Gasteiger partial charge in [0.05, 0.1) is 26.9 Å². The Morgan fingerprint density at radius 2 is 1.76 bits per heavy atom. The van der Waals surface area contributed by atoms with E-state index in [9.17, 15) is 5.11 Å². The third-order valence-electron chi connectivity index (χ3n) is 5.98. The minimum atomic E-state index is -1.05. The van der Waals surface area contributed by atoms with Crippen LogP contribution in [0.25, 0.3) is 16.8 Å². The first-order chi connectivity index (χ1) is 15.6. The number of halogens is 2. The number of aryl methyl sites for hydroxylation is 2. The molecule has 1 saturated heterocycles. The Morgan fingerprint density at radius 3 is 2.39 bits per heavy atom. The number of fused-ring (bicyclic) bond motifs is 1. The van der Waals surface area contributed by atoms with Crippen LogP contribution in [0.4, 0.5) is 5.82 Å². The van der Waals surface area contributed by atoms with Crippen molar-refractivity contribution in [3.63, 3.8) is 0 Å². The van der Waals surface area contributed by atoms with Gasteiger partial charge in [-0.25, -0.2) is 4.98 Å². The number of aromatic nitrogens is 3. The number of nitrogens with zero attached hydrogens (tertiary/aromatic N) is 3. The van der Waals surface area contributed by atoms with Crippen LogP contribution in [0, 0.1) is 13.8 Å². The Labute approximate surface area is 204 Å². The number of hydrogen-bond acceptors (Lipinski definition) is 6. The summed E-state index contributed by atoms with van der Waals surface area (Å²) in [7, 11) is 0. The zero-order chi connectivity index (χ0) is 23.8. The zero-order valence-electron chi connectivity index (χ0n) is 19.5. The normalized spacial score (nSPS) is 15.4. The molecule has 0 atom stereocenters. The van der Waals surface area contributed by atoms with Gasteiger partial charge in [-0.15, -0.1) is 0 Å². The lowest BCUT2D eigenvalue weighted by Gasteiger charge is -2.23. The fraction of sp³-hybridized carbons (Fsp3) is 0.500. The highest BCUT2D eigenvalue weighted by molar-refractivity contribution is 6.39. The predicted octanol–water partition coefficient (Wildman–Crippen LogP) is 4.73. The Kier molecular flexibility index (Phi) is 7.17. The molecule has 0 unspecified atom stereocenters. The molecule has 2 aromatic heterocycles. The molecule has 0 radical (unpaired) electrons. The number of nitrogens with one attached hydrogen (secondary N) is 2. The average molecular weight is 492 g/mol. The van der Waals surface area contributed by atoms with E-state index in [1.807, 2.05) is 24.4 Å². The fourth-order valence-electron chi connectivity index (χ4n) is 4.20. The van der Waals surface area contributed by atoms with Crippen molar-refractivity contribution in [2.45, 2.75) is 52.2 Å². The second-order valence-electron chi connectivity index (χ2n) is 9.12. The smallest absolute Gasteiger partial charge is 0.165 e. The lowest BCUT2D eigenvalue weighted by atomic mass is 9.95. The molecule has 0 amide bonds. The monoisotopic (exact) mass is 491 g/mol. The third kappa shape index (κ3) is 5.28. The molecule has 33 heavy (non-hydrogen) atoms. The zero-order valence-corrected chi connectivity index (χ0v) is 21.0. The maximum Gasteiger partial charge on any atom is 0.165 e. The molecule has 0 bridgehead atoms. The highest BCUT2D eigenvalue weighted by Gasteiger charge is 2.24. The van der Waals surface area contributed by atoms with E-state index in [4.69, 9.17) is 38.0 Å². The van der Waals surface area contributed by atoms with Gasteiger partial charge >= 0.3 is 0 Å². The highest BCUT2D eigenvalue weighted by atomic mass is 35.5. The summed E-state index contributed by atoms with van der Waals surface area (Å²) in [5, 5.41) is 23.1. The molecular weight excluding hydrogens is 461 g/mol. The summed E-state index contributed by atoms with van der Waals surface area (Å²) in [5.41, 5.74) is 3.39. The molecule has 3 aromatic rings. The van der Waals surface area contributed by atoms with Gasteiger partial charge in [-0.05, 0) is 58.2 Å². The molecule has 4 rings (SSSR count). The Morgan fingerprint density at radius 1 is 1.09 bits per heavy atom. The highest BCUT2D eigenvalue weighted by Crippen LogP contribution is 2.41. The first kappa shape index (κ1) is 24.2. The second kappa shape index (κ2) is 9.76. The molecule has 0 spiro atoms. The Balaban J connectivity index is 1.64. The minimum Gasteiger partial charge on any atom is -0.386 e. The van der Waals surface area contributed by atoms with Crippen molar-refractivity contribution in [2.24, 2.45) is 0 Å². The van der Waals surface area contributed by atoms with Crippen LogP contribution in [0.5, 0.6) is 0 Å². The van der Waals surface area contributed by atoms with Crippen molar-refractivity contribution >= 4 is 34.7 Å². The molecule has 9 heteroatoms. The van der Waals surface area contributed by atoms with Crippen LogP contribution < -0.4 is 10.6 Å². The fourth-order valence-corrected chi connectivity index (χ4v) is 4.87. The predicted molar refractivity (Wildman–Crippen MR) is 133 cm³/mol. The number of aliphatic hydroxyl groups is 1. The van der Waals surface area contributed by atoms with Crippen LogP contribution in [0.2, 0.25) is 10.0 Å². The van der Waals surface area contributed by atoms with Gasteiger partial charge in [0.15, 0.2) is 5.65 Å². The lowest BCUT2D eigenvalue weighted by molar-refractivity contribution is 0.0782. The van der Waals surface area contributed by atoms with E-state index in [0.717, 1.165) is 61.9 Å². The van der Waals surface area contributed by atoms with Crippen molar-refractivity contribution in [3.8, 4) is 11.1 Å². The van der Waals surface area contributed by atoms with Crippen molar-refractivity contribution in [1.82, 2.24) is 19.9 Å². The first-order valence-electron chi connectivity index (χ1n) is 11.3. The van der Waals surface area contributed by atoms with Gasteiger partial charge in [0.2, 0.25) is 0 Å². The molecule has 0 aliphatic carbocycles. The summed E-state index contributed by atoms with van der Waals surface area (Å²) in [6.07, 6.45) is 2.10. The number of ether oxygens (including phenoxy) is 1. The molecule has 178 valence electrons. The maximum absolute atomic E-state index is 10.4. The van der Waals surface area contributed by atoms with Crippen LogP contribution in [-0.2, 0) is 10.3 Å². The van der Waals surface area contributed by atoms with Gasteiger partial charge in [-0.3, -0.25) is 0 Å². The van der Waals surface area contributed by atoms with Gasteiger partial charge in [0.25, 0.3) is 0 Å². The van der Waals surface area contributed by atoms with Crippen LogP contribution >= 0.6 is 23.2 Å². The van der Waals surface area contributed by atoms with Gasteiger partial charge < -0.3 is 20.5 Å². The van der Waals surface area contributed by atoms with E-state index >= 15 is 0 Å². The first-order valence-corrected chi connectivity index (χ1v) is 12.0. The van der Waals surface area contributed by atoms with Crippen LogP contribution in [0.1, 0.15) is 43.6 Å². The maximum atomic E-state index is 10.4. The van der Waals surface area contributed by atoms with E-state index in [1.54, 1.807) is 26.0 Å². The number of anilines is 1. The third-order valence-corrected chi connectivity index (χ3v) is 6.57. The van der Waals surface area contributed by atoms with Crippen molar-refractivity contribution in [3.05, 3.63) is 45.2 Å². The van der Waals surface area contributed by atoms with E-state index < -0.39 is 5.60 Å². The number of benzene rings is 1. The molecule has 1 fully saturated rings. The van der Waals surface area contributed by atoms with Crippen LogP contribution in [-0.4, -0.2) is 52.0 Å². The van der Waals surface area contributed by atoms with Crippen LogP contribution in [0.3, 0.4) is 0 Å². The minimum absolute atomic E-state index is 0.455. The molecule has 3 N–H and O–H groups in total. The summed E-state index contributed by atoms with van der Waals surface area (Å²) < 4.78 is 7.23. The quantitative estimate of drug-likeness (QED) is 0.414. The van der Waals surface area contributed by atoms with Gasteiger partial charge in [-0.1, -0.05) is 23.2 Å². The molecule has 7 nitrogen and oxygen atoms in total. The van der Waals surface area contributed by atoms with Crippen molar-refractivity contribution in [2.75, 3.05) is 31.6 Å². The summed E-state index contributed by atoms with van der Waals surface area (Å²) >= 11 is 13.3. The van der Waals surface area contributed by atoms with Gasteiger partial charge in [0, 0.05) is 49.7 Å². The average Bonchev–Trinajstić information content (AvgIpc) is 3.06. The Hall–Kier alpha value is -1.90. The summed E-state index contributed by atoms with van der Waals surface area (Å²) in [5.74, 6) is 0.862. The summed E-state index contributed by atoms with van der Waals surface area (Å²) in [6.45, 7) is 10.5. The lowest BCUT2D eigenvalue weighted by Crippen LogP contribution is -2.37. The van der Waals surface area contributed by atoms with Gasteiger partial charge in [0.1, 0.15) is 5.82 Å². The SMILES string of the molecule is Cc1cc(NCCNC2CCOCC2)n2nc(C)c(-c3c(Cl)cc(C(C)(C)O)cc3Cl)c2n1. The molecule has 1 aromatic carbocycles. The molecule has 1 aliphatic heterocycles. The number of hydrogen-bond donors (Lipinski definition) is 3. The topological polar surface area (TPSA) is 83.7 Å². The largest absolute Gasteiger partial charge is 0.386 e. The second-order valence-corrected chi connectivity index (χ2v) is 9.93. The van der Waals surface area contributed by atoms with E-state index in [1.165, 1.54) is 0 Å². The van der Waals surface area contributed by atoms with Crippen molar-refractivity contribution < 1.29 is 9.84 Å². The summed E-state index contributed by atoms with van der Waals surface area (Å²) in [4.78, 5) is 4.75. The Bertz CT molecular complexity index is 1130. The van der Waals surface area contributed by atoms with E-state index in [0.29, 0.717) is 32.9 Å². The molecule has 3 heterocycles. The van der Waals surface area contributed by atoms with E-state index in [-0.39, 0.29) is 0 Å². The standard InChI is InChI=1S/C24H31Cl2N5O2/c1-14-11-20(28-8-7-27-17-5-9-33-10-6-17)31-23(29-14)21(15(2)30-31)22-18(25)12-16(13-19(22)26)24(3,4)32/h11-13,17,27-28,32H,5-10H2,1-4H3. The number of rotatable bonds is 7. The van der Waals surface area contributed by atoms with Crippen molar-refractivity contribution in [1.29, 1.82) is 0 Å². The molecule has 1 aliphatic rings. The van der Waals surface area contributed by atoms with Gasteiger partial charge in [-0.2, -0.15) is 9.61 Å². The molecular formula is C24H31Cl2N5O2. The van der Waals surface area contributed by atoms with Crippen LogP contribution in [0.15, 0.2) is 18.2 Å². The summed E-state index contributed by atoms with van der Waals surface area (Å²) in [6, 6.07) is 6.00.